The Bertz CT molecular complexity index is 921. The lowest BCUT2D eigenvalue weighted by atomic mass is 9.99. The van der Waals surface area contributed by atoms with Crippen LogP contribution in [-0.4, -0.2) is 107 Å². The maximum absolute atomic E-state index is 12.9. The van der Waals surface area contributed by atoms with Crippen LogP contribution in [0.15, 0.2) is 12.2 Å². The number of carbonyl (C=O) groups excluding carboxylic acids is 1. The molecule has 8 unspecified atom stereocenters. The molecule has 0 spiro atoms. The summed E-state index contributed by atoms with van der Waals surface area (Å²) < 4.78 is 47.0. The zero-order valence-corrected chi connectivity index (χ0v) is 28.6. The topological polar surface area (TPSA) is 212 Å². The van der Waals surface area contributed by atoms with Gasteiger partial charge in [0.05, 0.1) is 25.4 Å². The van der Waals surface area contributed by atoms with Crippen LogP contribution < -0.4 is 5.32 Å². The summed E-state index contributed by atoms with van der Waals surface area (Å²) in [4.78, 5) is 12.9. The molecule has 1 aliphatic heterocycles. The summed E-state index contributed by atoms with van der Waals surface area (Å²) in [6.45, 7) is 3.11. The number of amides is 1. The highest BCUT2D eigenvalue weighted by Crippen LogP contribution is 2.26. The van der Waals surface area contributed by atoms with Crippen molar-refractivity contribution in [3.63, 3.8) is 0 Å². The Labute approximate surface area is 275 Å². The third kappa shape index (κ3) is 18.4. The Morgan fingerprint density at radius 2 is 1.41 bits per heavy atom. The van der Waals surface area contributed by atoms with Crippen molar-refractivity contribution >= 4 is 16.3 Å². The number of hydrogen-bond acceptors (Lipinski definition) is 11. The molecule has 272 valence electrons. The van der Waals surface area contributed by atoms with E-state index in [4.69, 9.17) is 14.0 Å². The highest BCUT2D eigenvalue weighted by molar-refractivity contribution is 7.80. The number of unbranched alkanes of at least 4 members (excludes halogenated alkanes) is 12. The van der Waals surface area contributed by atoms with Gasteiger partial charge in [-0.05, 0) is 32.1 Å². The number of ether oxygens (including phenoxy) is 2. The molecule has 0 aromatic carbocycles. The molecule has 7 N–H and O–H groups in total. The second-order valence-electron chi connectivity index (χ2n) is 12.2. The highest BCUT2D eigenvalue weighted by atomic mass is 32.3. The number of aliphatic hydroxyl groups is 5. The van der Waals surface area contributed by atoms with Crippen LogP contribution >= 0.6 is 0 Å². The number of rotatable bonds is 27. The second kappa shape index (κ2) is 24.9. The van der Waals surface area contributed by atoms with Crippen molar-refractivity contribution in [2.24, 2.45) is 0 Å². The first-order valence-corrected chi connectivity index (χ1v) is 18.5. The molecule has 1 fully saturated rings. The summed E-state index contributed by atoms with van der Waals surface area (Å²) in [6.07, 6.45) is 9.03. The maximum Gasteiger partial charge on any atom is 0.397 e. The predicted octanol–water partition coefficient (Wildman–Crippen LogP) is 3.06. The average Bonchev–Trinajstić information content (AvgIpc) is 3.01. The van der Waals surface area contributed by atoms with Gasteiger partial charge in [-0.25, -0.2) is 4.18 Å². The van der Waals surface area contributed by atoms with Gasteiger partial charge in [-0.15, -0.1) is 0 Å². The smallest absolute Gasteiger partial charge is 0.394 e. The highest BCUT2D eigenvalue weighted by Gasteiger charge is 2.48. The summed E-state index contributed by atoms with van der Waals surface area (Å²) in [6, 6.07) is -1.04. The molecule has 1 heterocycles. The molecule has 1 rings (SSSR count). The third-order valence-electron chi connectivity index (χ3n) is 8.19. The quantitative estimate of drug-likeness (QED) is 0.0378. The van der Waals surface area contributed by atoms with Gasteiger partial charge in [0.2, 0.25) is 5.91 Å². The summed E-state index contributed by atoms with van der Waals surface area (Å²) in [5, 5.41) is 54.5. The molecular weight excluding hydrogens is 622 g/mol. The molecule has 8 atom stereocenters. The molecule has 1 saturated heterocycles. The first-order chi connectivity index (χ1) is 21.9. The standard InChI is InChI=1S/C32H61NO12S/c1-3-5-7-9-11-13-15-16-18-20-25(35)24(33-31(39)26(36)21-19-17-14-12-10-8-6-4-2)23-43-32-29(38)30(45-46(40,41)42)28(37)27(22-34)44-32/h14,17,24-30,32,34-38H,3-13,15-16,18-23H2,1-2H3,(H,33,39)(H,40,41,42)/b17-14-. The number of carbonyl (C=O) groups is 1. The van der Waals surface area contributed by atoms with Crippen molar-refractivity contribution in [2.75, 3.05) is 13.2 Å². The Kier molecular flexibility index (Phi) is 23.2. The van der Waals surface area contributed by atoms with Crippen molar-refractivity contribution in [2.45, 2.75) is 172 Å². The minimum atomic E-state index is -5.10. The molecule has 0 aromatic rings. The van der Waals surface area contributed by atoms with Crippen LogP contribution in [0.4, 0.5) is 0 Å². The Hall–Kier alpha value is -1.20. The van der Waals surface area contributed by atoms with E-state index in [9.17, 15) is 38.7 Å². The fraction of sp³-hybridized carbons (Fsp3) is 0.906. The number of hydrogen-bond donors (Lipinski definition) is 7. The van der Waals surface area contributed by atoms with E-state index in [0.29, 0.717) is 19.3 Å². The Morgan fingerprint density at radius 3 is 2.00 bits per heavy atom. The third-order valence-corrected chi connectivity index (χ3v) is 8.66. The van der Waals surface area contributed by atoms with Gasteiger partial charge in [0.15, 0.2) is 6.29 Å². The van der Waals surface area contributed by atoms with Gasteiger partial charge in [0, 0.05) is 0 Å². The number of nitrogens with one attached hydrogen (secondary N) is 1. The van der Waals surface area contributed by atoms with E-state index < -0.39 is 78.5 Å². The molecule has 1 amide bonds. The van der Waals surface area contributed by atoms with Gasteiger partial charge < -0.3 is 40.3 Å². The SMILES string of the molecule is CCCCCC/C=C\CCC(O)C(=O)NC(COC1OC(CO)C(O)C(OS(=O)(=O)O)C1O)C(O)CCCCCCCCCCC. The Balaban J connectivity index is 2.79. The summed E-state index contributed by atoms with van der Waals surface area (Å²) >= 11 is 0. The van der Waals surface area contributed by atoms with E-state index in [2.05, 4.69) is 23.3 Å². The minimum Gasteiger partial charge on any atom is -0.394 e. The molecule has 46 heavy (non-hydrogen) atoms. The van der Waals surface area contributed by atoms with Crippen LogP contribution in [0, 0.1) is 0 Å². The van der Waals surface area contributed by atoms with Gasteiger partial charge in [-0.2, -0.15) is 8.42 Å². The largest absolute Gasteiger partial charge is 0.397 e. The van der Waals surface area contributed by atoms with E-state index in [1.54, 1.807) is 0 Å². The molecule has 0 radical (unpaired) electrons. The lowest BCUT2D eigenvalue weighted by Gasteiger charge is -2.41. The van der Waals surface area contributed by atoms with Crippen LogP contribution in [0.3, 0.4) is 0 Å². The molecule has 0 aliphatic carbocycles. The van der Waals surface area contributed by atoms with Gasteiger partial charge in [0.25, 0.3) is 0 Å². The summed E-state index contributed by atoms with van der Waals surface area (Å²) in [7, 11) is -5.10. The predicted molar refractivity (Wildman–Crippen MR) is 173 cm³/mol. The average molecular weight is 684 g/mol. The van der Waals surface area contributed by atoms with Crippen LogP contribution in [-0.2, 0) is 28.9 Å². The lowest BCUT2D eigenvalue weighted by molar-refractivity contribution is -0.298. The van der Waals surface area contributed by atoms with Gasteiger partial charge in [-0.3, -0.25) is 9.35 Å². The van der Waals surface area contributed by atoms with E-state index in [-0.39, 0.29) is 6.42 Å². The molecule has 14 heteroatoms. The zero-order valence-electron chi connectivity index (χ0n) is 27.7. The van der Waals surface area contributed by atoms with Crippen molar-refractivity contribution in [1.82, 2.24) is 5.32 Å². The normalized spacial score (nSPS) is 24.2. The van der Waals surface area contributed by atoms with Crippen molar-refractivity contribution in [3.05, 3.63) is 12.2 Å². The number of aliphatic hydroxyl groups excluding tert-OH is 5. The number of allylic oxidation sites excluding steroid dienone is 2. The van der Waals surface area contributed by atoms with Crippen LogP contribution in [0.5, 0.6) is 0 Å². The fourth-order valence-electron chi connectivity index (χ4n) is 5.35. The van der Waals surface area contributed by atoms with Crippen LogP contribution in [0.2, 0.25) is 0 Å². The fourth-order valence-corrected chi connectivity index (χ4v) is 5.85. The lowest BCUT2D eigenvalue weighted by Crippen LogP contribution is -2.61. The van der Waals surface area contributed by atoms with Gasteiger partial charge in [-0.1, -0.05) is 103 Å². The molecule has 0 bridgehead atoms. The van der Waals surface area contributed by atoms with Crippen molar-refractivity contribution in [1.29, 1.82) is 0 Å². The first-order valence-electron chi connectivity index (χ1n) is 17.2. The van der Waals surface area contributed by atoms with Crippen molar-refractivity contribution in [3.8, 4) is 0 Å². The first kappa shape index (κ1) is 42.8. The maximum atomic E-state index is 12.9. The van der Waals surface area contributed by atoms with E-state index >= 15 is 0 Å². The zero-order chi connectivity index (χ0) is 34.4. The van der Waals surface area contributed by atoms with Gasteiger partial charge in [0.1, 0.15) is 30.5 Å². The summed E-state index contributed by atoms with van der Waals surface area (Å²) in [5.41, 5.74) is 0. The van der Waals surface area contributed by atoms with Crippen molar-refractivity contribution < 1.29 is 57.0 Å². The molecule has 13 nitrogen and oxygen atoms in total. The molecule has 1 aliphatic rings. The Morgan fingerprint density at radius 1 is 0.848 bits per heavy atom. The van der Waals surface area contributed by atoms with E-state index in [1.165, 1.54) is 32.1 Å². The monoisotopic (exact) mass is 683 g/mol. The molecule has 0 saturated carbocycles. The van der Waals surface area contributed by atoms with Crippen LogP contribution in [0.1, 0.15) is 123 Å². The summed E-state index contributed by atoms with van der Waals surface area (Å²) in [5.74, 6) is -0.711. The van der Waals surface area contributed by atoms with Gasteiger partial charge >= 0.3 is 10.4 Å². The van der Waals surface area contributed by atoms with E-state index in [1.807, 2.05) is 12.2 Å². The van der Waals surface area contributed by atoms with E-state index in [0.717, 1.165) is 51.4 Å². The second-order valence-corrected chi connectivity index (χ2v) is 13.3. The van der Waals surface area contributed by atoms with Crippen LogP contribution in [0.25, 0.3) is 0 Å². The minimum absolute atomic E-state index is 0.175. The molecular formula is C32H61NO12S. The molecule has 0 aromatic heterocycles.